The third kappa shape index (κ3) is 2.85. The molecule has 5 nitrogen and oxygen atoms in total. The van der Waals surface area contributed by atoms with Crippen LogP contribution in [0.2, 0.25) is 0 Å². The Bertz CT molecular complexity index is 638. The Balaban J connectivity index is 1.73. The molecule has 1 aliphatic rings. The van der Waals surface area contributed by atoms with Crippen molar-refractivity contribution in [3.05, 3.63) is 54.0 Å². The van der Waals surface area contributed by atoms with E-state index in [-0.39, 0.29) is 17.7 Å². The minimum Gasteiger partial charge on any atom is -0.507 e. The number of nitrogens with zero attached hydrogens (tertiary/aromatic N) is 1. The summed E-state index contributed by atoms with van der Waals surface area (Å²) >= 11 is 0. The number of aliphatic hydroxyl groups is 1. The quantitative estimate of drug-likeness (QED) is 0.910. The maximum Gasteiger partial charge on any atom is 0.257 e. The predicted octanol–water partition coefficient (Wildman–Crippen LogP) is 2.71. The fraction of sp³-hybridized carbons (Fsp3) is 0.353. The first-order chi connectivity index (χ1) is 10.7. The molecule has 0 radical (unpaired) electrons. The second kappa shape index (κ2) is 6.23. The summed E-state index contributed by atoms with van der Waals surface area (Å²) in [6.45, 7) is 0.642. The van der Waals surface area contributed by atoms with Gasteiger partial charge in [0, 0.05) is 19.0 Å². The Morgan fingerprint density at radius 1 is 1.32 bits per heavy atom. The van der Waals surface area contributed by atoms with E-state index >= 15 is 0 Å². The van der Waals surface area contributed by atoms with Gasteiger partial charge in [-0.3, -0.25) is 4.79 Å². The molecule has 1 aromatic heterocycles. The van der Waals surface area contributed by atoms with Crippen LogP contribution in [0.3, 0.4) is 0 Å². The van der Waals surface area contributed by atoms with E-state index in [1.54, 1.807) is 35.2 Å². The Kier molecular flexibility index (Phi) is 4.15. The number of likely N-dealkylation sites (tertiary alicyclic amines) is 1. The summed E-state index contributed by atoms with van der Waals surface area (Å²) < 4.78 is 5.21. The molecule has 116 valence electrons. The van der Waals surface area contributed by atoms with E-state index in [4.69, 9.17) is 4.42 Å². The highest BCUT2D eigenvalue weighted by Gasteiger charge is 2.32. The van der Waals surface area contributed by atoms with Gasteiger partial charge in [-0.2, -0.15) is 0 Å². The lowest BCUT2D eigenvalue weighted by Crippen LogP contribution is -2.36. The summed E-state index contributed by atoms with van der Waals surface area (Å²) in [4.78, 5) is 14.3. The van der Waals surface area contributed by atoms with Crippen molar-refractivity contribution in [1.29, 1.82) is 0 Å². The average molecular weight is 301 g/mol. The third-order valence-electron chi connectivity index (χ3n) is 4.14. The summed E-state index contributed by atoms with van der Waals surface area (Å²) in [6.07, 6.45) is 2.98. The van der Waals surface area contributed by atoms with Crippen molar-refractivity contribution in [3.63, 3.8) is 0 Å². The smallest absolute Gasteiger partial charge is 0.257 e. The molecule has 1 aliphatic heterocycles. The van der Waals surface area contributed by atoms with E-state index in [1.807, 2.05) is 0 Å². The highest BCUT2D eigenvalue weighted by molar-refractivity contribution is 5.97. The van der Waals surface area contributed by atoms with Crippen molar-refractivity contribution >= 4 is 5.91 Å². The van der Waals surface area contributed by atoms with Crippen molar-refractivity contribution in [2.24, 2.45) is 0 Å². The molecule has 2 heterocycles. The zero-order valence-electron chi connectivity index (χ0n) is 12.2. The second-order valence-electron chi connectivity index (χ2n) is 5.58. The highest BCUT2D eigenvalue weighted by atomic mass is 16.4. The van der Waals surface area contributed by atoms with Gasteiger partial charge in [-0.15, -0.1) is 0 Å². The molecular weight excluding hydrogens is 282 g/mol. The number of benzene rings is 1. The molecule has 0 aliphatic carbocycles. The molecule has 1 amide bonds. The van der Waals surface area contributed by atoms with Gasteiger partial charge in [-0.1, -0.05) is 12.1 Å². The summed E-state index contributed by atoms with van der Waals surface area (Å²) in [5.74, 6) is 0.318. The van der Waals surface area contributed by atoms with Gasteiger partial charge in [0.2, 0.25) is 0 Å². The van der Waals surface area contributed by atoms with E-state index in [0.717, 1.165) is 12.8 Å². The number of carbonyl (C=O) groups is 1. The molecule has 5 heteroatoms. The summed E-state index contributed by atoms with van der Waals surface area (Å²) in [5.41, 5.74) is 0.307. The van der Waals surface area contributed by atoms with E-state index in [1.165, 1.54) is 12.3 Å². The predicted molar refractivity (Wildman–Crippen MR) is 80.5 cm³/mol. The standard InChI is InChI=1S/C17H19NO4/c19-14-7-2-1-6-13(14)17(21)18-9-3-5-12(18)11-15(20)16-8-4-10-22-16/h1-2,4,6-8,10,12,15,19-20H,3,5,9,11H2/t12-,15+/m1/s1. The number of rotatable bonds is 4. The van der Waals surface area contributed by atoms with E-state index in [0.29, 0.717) is 24.3 Å². The number of aromatic hydroxyl groups is 1. The third-order valence-corrected chi connectivity index (χ3v) is 4.14. The fourth-order valence-electron chi connectivity index (χ4n) is 3.01. The number of aliphatic hydroxyl groups excluding tert-OH is 1. The van der Waals surface area contributed by atoms with Crippen LogP contribution in [0.25, 0.3) is 0 Å². The van der Waals surface area contributed by atoms with Gasteiger partial charge in [0.1, 0.15) is 17.6 Å². The first-order valence-corrected chi connectivity index (χ1v) is 7.47. The SMILES string of the molecule is O=C(c1ccccc1O)N1CCC[C@@H]1C[C@H](O)c1ccco1. The molecule has 0 saturated carbocycles. The number of phenols is 1. The summed E-state index contributed by atoms with van der Waals surface area (Å²) in [6, 6.07) is 9.97. The van der Waals surface area contributed by atoms with E-state index in [2.05, 4.69) is 0 Å². The minimum absolute atomic E-state index is 0.00951. The molecule has 0 unspecified atom stereocenters. The monoisotopic (exact) mass is 301 g/mol. The number of hydrogen-bond donors (Lipinski definition) is 2. The molecule has 1 aromatic carbocycles. The lowest BCUT2D eigenvalue weighted by molar-refractivity contribution is 0.0639. The largest absolute Gasteiger partial charge is 0.507 e. The van der Waals surface area contributed by atoms with Gasteiger partial charge in [-0.05, 0) is 37.1 Å². The van der Waals surface area contributed by atoms with Crippen LogP contribution < -0.4 is 0 Å². The van der Waals surface area contributed by atoms with Crippen molar-refractivity contribution in [2.75, 3.05) is 6.54 Å². The van der Waals surface area contributed by atoms with Crippen molar-refractivity contribution in [2.45, 2.75) is 31.4 Å². The van der Waals surface area contributed by atoms with Gasteiger partial charge in [0.05, 0.1) is 11.8 Å². The number of amides is 1. The lowest BCUT2D eigenvalue weighted by Gasteiger charge is -2.26. The molecule has 0 bridgehead atoms. The lowest BCUT2D eigenvalue weighted by atomic mass is 10.0. The van der Waals surface area contributed by atoms with Crippen LogP contribution in [0.1, 0.15) is 41.5 Å². The molecule has 0 spiro atoms. The maximum absolute atomic E-state index is 12.6. The zero-order valence-corrected chi connectivity index (χ0v) is 12.2. The van der Waals surface area contributed by atoms with Crippen molar-refractivity contribution in [1.82, 2.24) is 4.90 Å². The van der Waals surface area contributed by atoms with Crippen LogP contribution in [0, 0.1) is 0 Å². The number of para-hydroxylation sites is 1. The molecule has 22 heavy (non-hydrogen) atoms. The van der Waals surface area contributed by atoms with Crippen molar-refractivity contribution < 1.29 is 19.4 Å². The molecular formula is C17H19NO4. The molecule has 2 atom stereocenters. The topological polar surface area (TPSA) is 73.9 Å². The number of hydrogen-bond acceptors (Lipinski definition) is 4. The molecule has 2 N–H and O–H groups in total. The normalized spacial score (nSPS) is 19.3. The molecule has 2 aromatic rings. The Labute approximate surface area is 128 Å². The van der Waals surface area contributed by atoms with Crippen LogP contribution in [0.4, 0.5) is 0 Å². The van der Waals surface area contributed by atoms with Crippen LogP contribution in [-0.4, -0.2) is 33.6 Å². The highest BCUT2D eigenvalue weighted by Crippen LogP contribution is 2.30. The zero-order chi connectivity index (χ0) is 15.5. The Morgan fingerprint density at radius 2 is 2.14 bits per heavy atom. The minimum atomic E-state index is -0.724. The van der Waals surface area contributed by atoms with E-state index < -0.39 is 6.10 Å². The maximum atomic E-state index is 12.6. The van der Waals surface area contributed by atoms with Crippen LogP contribution in [0.15, 0.2) is 47.1 Å². The van der Waals surface area contributed by atoms with Gasteiger partial charge in [0.15, 0.2) is 0 Å². The summed E-state index contributed by atoms with van der Waals surface area (Å²) in [7, 11) is 0. The molecule has 1 fully saturated rings. The second-order valence-corrected chi connectivity index (χ2v) is 5.58. The van der Waals surface area contributed by atoms with Crippen LogP contribution >= 0.6 is 0 Å². The number of carbonyl (C=O) groups excluding carboxylic acids is 1. The fourth-order valence-corrected chi connectivity index (χ4v) is 3.01. The van der Waals surface area contributed by atoms with Gasteiger partial charge < -0.3 is 19.5 Å². The number of phenolic OH excluding ortho intramolecular Hbond substituents is 1. The first-order valence-electron chi connectivity index (χ1n) is 7.47. The Morgan fingerprint density at radius 3 is 2.86 bits per heavy atom. The van der Waals surface area contributed by atoms with Crippen LogP contribution in [0.5, 0.6) is 5.75 Å². The van der Waals surface area contributed by atoms with Crippen molar-refractivity contribution in [3.8, 4) is 5.75 Å². The molecule has 3 rings (SSSR count). The van der Waals surface area contributed by atoms with E-state index in [9.17, 15) is 15.0 Å². The Hall–Kier alpha value is -2.27. The number of furan rings is 1. The summed E-state index contributed by atoms with van der Waals surface area (Å²) in [5, 5.41) is 20.1. The van der Waals surface area contributed by atoms with Gasteiger partial charge in [-0.25, -0.2) is 0 Å². The van der Waals surface area contributed by atoms with Gasteiger partial charge >= 0.3 is 0 Å². The average Bonchev–Trinajstić information content (AvgIpc) is 3.18. The first kappa shape index (κ1) is 14.7. The van der Waals surface area contributed by atoms with Crippen LogP contribution in [-0.2, 0) is 0 Å². The molecule has 1 saturated heterocycles. The van der Waals surface area contributed by atoms with Gasteiger partial charge in [0.25, 0.3) is 5.91 Å².